The Hall–Kier alpha value is -3.53. The van der Waals surface area contributed by atoms with Crippen molar-refractivity contribution in [2.45, 2.75) is 12.8 Å². The average Bonchev–Trinajstić information content (AvgIpc) is 3.43. The first kappa shape index (κ1) is 22.7. The number of aromatic nitrogens is 1. The van der Waals surface area contributed by atoms with Crippen LogP contribution in [-0.2, 0) is 4.79 Å². The van der Waals surface area contributed by atoms with Gasteiger partial charge in [0.05, 0.1) is 30.9 Å². The molecule has 1 aliphatic rings. The lowest BCUT2D eigenvalue weighted by molar-refractivity contribution is -0.120. The van der Waals surface area contributed by atoms with Crippen LogP contribution in [0.2, 0.25) is 0 Å². The second-order valence-corrected chi connectivity index (χ2v) is 9.18. The van der Waals surface area contributed by atoms with Crippen molar-refractivity contribution in [3.63, 3.8) is 0 Å². The maximum Gasteiger partial charge on any atom is 0.259 e. The minimum absolute atomic E-state index is 0.299. The van der Waals surface area contributed by atoms with Crippen LogP contribution in [0.25, 0.3) is 11.3 Å². The van der Waals surface area contributed by atoms with Crippen molar-refractivity contribution in [1.82, 2.24) is 4.98 Å². The van der Waals surface area contributed by atoms with Crippen molar-refractivity contribution < 1.29 is 9.53 Å². The summed E-state index contributed by atoms with van der Waals surface area (Å²) in [6.07, 6.45) is 0. The highest BCUT2D eigenvalue weighted by Crippen LogP contribution is 2.40. The van der Waals surface area contributed by atoms with Gasteiger partial charge >= 0.3 is 0 Å². The second-order valence-electron chi connectivity index (χ2n) is 7.43. The zero-order valence-corrected chi connectivity index (χ0v) is 20.2. The molecular formula is C24H18BrN5O2S. The highest BCUT2D eigenvalue weighted by molar-refractivity contribution is 9.10. The standard InChI is InChI=1S/C24H18BrN5O2S/c1-14-21(22(17(11-26)12-27)16-3-7-18(25)8-4-16)23(31)30(29-14)24-28-20(13-33-24)15-5-9-19(32-2)10-6-15/h3-10,13,17,21-22H,1-2H3. The molecule has 1 aromatic heterocycles. The first-order valence-corrected chi connectivity index (χ1v) is 11.7. The monoisotopic (exact) mass is 519 g/mol. The summed E-state index contributed by atoms with van der Waals surface area (Å²) in [5.74, 6) is -1.93. The van der Waals surface area contributed by atoms with Crippen LogP contribution in [0.15, 0.2) is 63.5 Å². The lowest BCUT2D eigenvalue weighted by Crippen LogP contribution is -2.34. The number of methoxy groups -OCH3 is 1. The molecule has 0 saturated heterocycles. The maximum atomic E-state index is 13.5. The summed E-state index contributed by atoms with van der Waals surface area (Å²) >= 11 is 4.71. The van der Waals surface area contributed by atoms with Gasteiger partial charge in [0.1, 0.15) is 11.7 Å². The number of ether oxygens (including phenoxy) is 1. The third-order valence-corrected chi connectivity index (χ3v) is 6.84. The van der Waals surface area contributed by atoms with Gasteiger partial charge in [-0.05, 0) is 48.9 Å². The molecule has 9 heteroatoms. The summed E-state index contributed by atoms with van der Waals surface area (Å²) in [5.41, 5.74) is 2.89. The number of hydrogen-bond acceptors (Lipinski definition) is 7. The van der Waals surface area contributed by atoms with E-state index >= 15 is 0 Å². The Morgan fingerprint density at radius 2 is 1.79 bits per heavy atom. The Bertz CT molecular complexity index is 1270. The smallest absolute Gasteiger partial charge is 0.259 e. The quantitative estimate of drug-likeness (QED) is 0.435. The Balaban J connectivity index is 1.66. The highest BCUT2D eigenvalue weighted by Gasteiger charge is 2.45. The van der Waals surface area contributed by atoms with Crippen LogP contribution in [0.5, 0.6) is 5.75 Å². The van der Waals surface area contributed by atoms with Crippen LogP contribution in [0.4, 0.5) is 5.13 Å². The van der Waals surface area contributed by atoms with E-state index in [4.69, 9.17) is 4.74 Å². The van der Waals surface area contributed by atoms with E-state index in [-0.39, 0.29) is 5.91 Å². The SMILES string of the molecule is COc1ccc(-c2csc(N3N=C(C)C(C(c4ccc(Br)cc4)C(C#N)C#N)C3=O)n2)cc1. The van der Waals surface area contributed by atoms with Crippen molar-refractivity contribution in [1.29, 1.82) is 10.5 Å². The van der Waals surface area contributed by atoms with Crippen molar-refractivity contribution >= 4 is 44.0 Å². The molecule has 0 saturated carbocycles. The summed E-state index contributed by atoms with van der Waals surface area (Å²) in [5, 5.41) is 27.3. The summed E-state index contributed by atoms with van der Waals surface area (Å²) in [6.45, 7) is 1.75. The molecule has 2 aromatic carbocycles. The molecule has 0 fully saturated rings. The van der Waals surface area contributed by atoms with E-state index in [9.17, 15) is 15.3 Å². The fourth-order valence-electron chi connectivity index (χ4n) is 3.84. The summed E-state index contributed by atoms with van der Waals surface area (Å²) < 4.78 is 6.06. The van der Waals surface area contributed by atoms with Gasteiger partial charge in [0.2, 0.25) is 5.13 Å². The lowest BCUT2D eigenvalue weighted by Gasteiger charge is -2.24. The topological polar surface area (TPSA) is 102 Å². The molecule has 4 rings (SSSR count). The van der Waals surface area contributed by atoms with E-state index in [1.165, 1.54) is 16.3 Å². The van der Waals surface area contributed by atoms with Crippen molar-refractivity contribution in [2.75, 3.05) is 12.1 Å². The Morgan fingerprint density at radius 1 is 1.12 bits per heavy atom. The van der Waals surface area contributed by atoms with Gasteiger partial charge in [0.15, 0.2) is 0 Å². The Labute approximate surface area is 203 Å². The first-order chi connectivity index (χ1) is 16.0. The summed E-state index contributed by atoms with van der Waals surface area (Å²) in [4.78, 5) is 18.1. The van der Waals surface area contributed by atoms with Crippen LogP contribution < -0.4 is 9.75 Å². The minimum Gasteiger partial charge on any atom is -0.497 e. The second kappa shape index (κ2) is 9.53. The van der Waals surface area contributed by atoms with Gasteiger partial charge in [-0.3, -0.25) is 4.79 Å². The number of rotatable bonds is 6. The molecule has 2 atom stereocenters. The zero-order chi connectivity index (χ0) is 23.5. The van der Waals surface area contributed by atoms with E-state index in [0.717, 1.165) is 27.0 Å². The number of halogens is 1. The number of amides is 1. The first-order valence-electron chi connectivity index (χ1n) is 10.0. The van der Waals surface area contributed by atoms with Gasteiger partial charge in [-0.2, -0.15) is 20.6 Å². The Morgan fingerprint density at radius 3 is 2.39 bits per heavy atom. The number of nitrogens with zero attached hydrogens (tertiary/aromatic N) is 5. The van der Waals surface area contributed by atoms with Gasteiger partial charge in [-0.25, -0.2) is 4.98 Å². The van der Waals surface area contributed by atoms with Gasteiger partial charge in [0.25, 0.3) is 5.91 Å². The number of carbonyl (C=O) groups excluding carboxylic acids is 1. The summed E-state index contributed by atoms with van der Waals surface area (Å²) in [7, 11) is 1.61. The van der Waals surface area contributed by atoms with Crippen LogP contribution >= 0.6 is 27.3 Å². The minimum atomic E-state index is -1.00. The Kier molecular flexibility index (Phi) is 6.55. The van der Waals surface area contributed by atoms with Crippen LogP contribution in [0.3, 0.4) is 0 Å². The highest BCUT2D eigenvalue weighted by atomic mass is 79.9. The molecule has 0 aliphatic carbocycles. The molecule has 0 radical (unpaired) electrons. The van der Waals surface area contributed by atoms with Gasteiger partial charge in [-0.15, -0.1) is 11.3 Å². The number of benzene rings is 2. The van der Waals surface area contributed by atoms with Crippen molar-refractivity contribution in [2.24, 2.45) is 16.9 Å². The van der Waals surface area contributed by atoms with Crippen molar-refractivity contribution in [3.8, 4) is 29.1 Å². The normalized spacial score (nSPS) is 16.3. The number of hydrazone groups is 1. The van der Waals surface area contributed by atoms with Crippen LogP contribution in [-0.4, -0.2) is 23.7 Å². The largest absolute Gasteiger partial charge is 0.497 e. The number of carbonyl (C=O) groups is 1. The molecule has 7 nitrogen and oxygen atoms in total. The lowest BCUT2D eigenvalue weighted by atomic mass is 9.76. The van der Waals surface area contributed by atoms with Crippen molar-refractivity contribution in [3.05, 3.63) is 63.9 Å². The molecule has 1 aliphatic heterocycles. The zero-order valence-electron chi connectivity index (χ0n) is 17.8. The molecule has 33 heavy (non-hydrogen) atoms. The maximum absolute atomic E-state index is 13.5. The third kappa shape index (κ3) is 4.38. The van der Waals surface area contributed by atoms with E-state index in [1.807, 2.05) is 53.9 Å². The van der Waals surface area contributed by atoms with E-state index in [1.54, 1.807) is 14.0 Å². The number of thiazole rings is 1. The van der Waals surface area contributed by atoms with Gasteiger partial charge in [0, 0.05) is 27.0 Å². The van der Waals surface area contributed by atoms with E-state index in [0.29, 0.717) is 10.8 Å². The fourth-order valence-corrected chi connectivity index (χ4v) is 4.89. The van der Waals surface area contributed by atoms with E-state index < -0.39 is 17.8 Å². The molecule has 2 unspecified atom stereocenters. The number of nitriles is 2. The van der Waals surface area contributed by atoms with E-state index in [2.05, 4.69) is 38.2 Å². The van der Waals surface area contributed by atoms with Gasteiger partial charge < -0.3 is 4.74 Å². The number of anilines is 1. The molecule has 2 heterocycles. The van der Waals surface area contributed by atoms with Crippen LogP contribution in [0.1, 0.15) is 18.4 Å². The molecular weight excluding hydrogens is 502 g/mol. The molecule has 0 spiro atoms. The molecule has 1 amide bonds. The van der Waals surface area contributed by atoms with Gasteiger partial charge in [-0.1, -0.05) is 28.1 Å². The number of hydrogen-bond donors (Lipinski definition) is 0. The van der Waals surface area contributed by atoms with Crippen LogP contribution in [0, 0.1) is 34.5 Å². The molecule has 0 N–H and O–H groups in total. The summed E-state index contributed by atoms with van der Waals surface area (Å²) in [6, 6.07) is 18.9. The fraction of sp³-hybridized carbons (Fsp3) is 0.208. The predicted molar refractivity (Wildman–Crippen MR) is 130 cm³/mol. The molecule has 0 bridgehead atoms. The predicted octanol–water partition coefficient (Wildman–Crippen LogP) is 5.37. The average molecular weight is 520 g/mol. The molecule has 164 valence electrons. The molecule has 3 aromatic rings. The third-order valence-electron chi connectivity index (χ3n) is 5.49.